The molecule has 16 N–H and O–H groups in total. The quantitative estimate of drug-likeness (QED) is 0.0681. The molecule has 388 valence electrons. The van der Waals surface area contributed by atoms with Crippen LogP contribution in [-0.2, 0) is 49.6 Å². The molecule has 11 atom stereocenters. The van der Waals surface area contributed by atoms with Crippen molar-refractivity contribution in [2.75, 3.05) is 32.7 Å². The van der Waals surface area contributed by atoms with E-state index in [1.165, 1.54) is 13.8 Å². The number of aliphatic hydroxyl groups excluding tert-OH is 2. The monoisotopic (exact) mass is 973 g/mol. The molecule has 1 heterocycles. The molecule has 0 aromatic heterocycles. The lowest BCUT2D eigenvalue weighted by Crippen LogP contribution is -2.57. The number of carbonyl (C=O) groups is 9. The van der Waals surface area contributed by atoms with Crippen LogP contribution in [0, 0.1) is 29.6 Å². The van der Waals surface area contributed by atoms with E-state index in [9.17, 15) is 53.4 Å². The molecule has 1 aliphatic heterocycles. The van der Waals surface area contributed by atoms with Gasteiger partial charge in [-0.1, -0.05) is 51.1 Å². The number of amides is 6. The van der Waals surface area contributed by atoms with Gasteiger partial charge in [0, 0.05) is 37.6 Å². The van der Waals surface area contributed by atoms with Crippen molar-refractivity contribution in [1.29, 1.82) is 0 Å². The predicted octanol–water partition coefficient (Wildman–Crippen LogP) is -1.87. The van der Waals surface area contributed by atoms with Crippen molar-refractivity contribution in [1.82, 2.24) is 31.9 Å². The average Bonchev–Trinajstić information content (AvgIpc) is 3.28. The predicted molar refractivity (Wildman–Crippen MR) is 258 cm³/mol. The number of Topliss-reactive ketones (excluding diaryl/α,β-unsaturated/α-hetero) is 3. The van der Waals surface area contributed by atoms with Crippen LogP contribution in [0.1, 0.15) is 104 Å². The van der Waals surface area contributed by atoms with Gasteiger partial charge >= 0.3 is 0 Å². The average molecular weight is 973 g/mol. The van der Waals surface area contributed by atoms with Crippen LogP contribution in [0.15, 0.2) is 30.3 Å². The van der Waals surface area contributed by atoms with Crippen LogP contribution in [0.3, 0.4) is 0 Å². The molecule has 21 heteroatoms. The van der Waals surface area contributed by atoms with E-state index in [1.807, 2.05) is 13.8 Å². The molecule has 1 saturated heterocycles. The molecular weight excluding hydrogens is 893 g/mol. The molecule has 1 fully saturated rings. The zero-order chi connectivity index (χ0) is 51.8. The number of nitrogens with two attached hydrogens (primary N) is 4. The fourth-order valence-corrected chi connectivity index (χ4v) is 8.32. The van der Waals surface area contributed by atoms with Gasteiger partial charge in [0.05, 0.1) is 42.2 Å². The highest BCUT2D eigenvalue weighted by Gasteiger charge is 2.37. The Morgan fingerprint density at radius 2 is 1.20 bits per heavy atom. The zero-order valence-electron chi connectivity index (χ0n) is 41.0. The van der Waals surface area contributed by atoms with Crippen LogP contribution in [0.25, 0.3) is 0 Å². The Labute approximate surface area is 405 Å². The van der Waals surface area contributed by atoms with Crippen molar-refractivity contribution in [3.05, 3.63) is 35.9 Å². The maximum absolute atomic E-state index is 14.4. The maximum Gasteiger partial charge on any atom is 0.243 e. The molecule has 0 spiro atoms. The Bertz CT molecular complexity index is 1850. The van der Waals surface area contributed by atoms with E-state index in [4.69, 9.17) is 22.9 Å². The Hall–Kier alpha value is -5.19. The number of carbonyl (C=O) groups excluding carboxylic acids is 9. The Morgan fingerprint density at radius 1 is 0.681 bits per heavy atom. The Morgan fingerprint density at radius 3 is 1.74 bits per heavy atom. The molecule has 1 aliphatic rings. The molecule has 2 rings (SSSR count). The first-order chi connectivity index (χ1) is 32.7. The largest absolute Gasteiger partial charge is 0.393 e. The molecule has 69 heavy (non-hydrogen) atoms. The summed E-state index contributed by atoms with van der Waals surface area (Å²) >= 11 is 0. The number of hydrogen-bond acceptors (Lipinski definition) is 15. The molecule has 6 amide bonds. The summed E-state index contributed by atoms with van der Waals surface area (Å²) in [6.45, 7) is 7.66. The van der Waals surface area contributed by atoms with E-state index >= 15 is 0 Å². The van der Waals surface area contributed by atoms with E-state index in [2.05, 4.69) is 31.9 Å². The van der Waals surface area contributed by atoms with Crippen LogP contribution >= 0.6 is 0 Å². The van der Waals surface area contributed by atoms with Gasteiger partial charge in [-0.05, 0) is 103 Å². The third-order valence-electron chi connectivity index (χ3n) is 12.4. The lowest BCUT2D eigenvalue weighted by Gasteiger charge is -2.28. The number of hydrogen-bond donors (Lipinski definition) is 12. The summed E-state index contributed by atoms with van der Waals surface area (Å²) in [4.78, 5) is 126. The summed E-state index contributed by atoms with van der Waals surface area (Å²) < 4.78 is 0. The Kier molecular flexibility index (Phi) is 27.0. The van der Waals surface area contributed by atoms with Crippen molar-refractivity contribution in [2.24, 2.45) is 52.5 Å². The number of ketones is 3. The molecule has 21 nitrogen and oxygen atoms in total. The molecule has 0 saturated carbocycles. The smallest absolute Gasteiger partial charge is 0.243 e. The van der Waals surface area contributed by atoms with Gasteiger partial charge in [-0.3, -0.25) is 43.2 Å². The molecule has 0 aliphatic carbocycles. The van der Waals surface area contributed by atoms with Crippen LogP contribution in [0.5, 0.6) is 0 Å². The van der Waals surface area contributed by atoms with Crippen LogP contribution in [0.4, 0.5) is 0 Å². The van der Waals surface area contributed by atoms with Gasteiger partial charge in [0.2, 0.25) is 35.4 Å². The van der Waals surface area contributed by atoms with Gasteiger partial charge in [0.25, 0.3) is 0 Å². The van der Waals surface area contributed by atoms with E-state index in [-0.39, 0.29) is 90.0 Å². The van der Waals surface area contributed by atoms with Crippen molar-refractivity contribution in [2.45, 2.75) is 148 Å². The van der Waals surface area contributed by atoms with E-state index < -0.39 is 138 Å². The van der Waals surface area contributed by atoms with E-state index in [1.54, 1.807) is 37.3 Å². The second-order valence-electron chi connectivity index (χ2n) is 18.5. The minimum atomic E-state index is -1.38. The summed E-state index contributed by atoms with van der Waals surface area (Å²) in [6.07, 6.45) is -3.80. The van der Waals surface area contributed by atoms with Gasteiger partial charge in [-0.25, -0.2) is 0 Å². The highest BCUT2D eigenvalue weighted by Crippen LogP contribution is 2.20. The summed E-state index contributed by atoms with van der Waals surface area (Å²) in [5, 5.41) is 37.0. The van der Waals surface area contributed by atoms with Crippen LogP contribution in [0.2, 0.25) is 0 Å². The second-order valence-corrected chi connectivity index (χ2v) is 18.5. The van der Waals surface area contributed by atoms with Crippen molar-refractivity contribution >= 4 is 52.8 Å². The van der Waals surface area contributed by atoms with Crippen LogP contribution < -0.4 is 54.8 Å². The fraction of sp³-hybridized carbons (Fsp3) is 0.688. The summed E-state index contributed by atoms with van der Waals surface area (Å²) in [5.41, 5.74) is 24.2. The van der Waals surface area contributed by atoms with Gasteiger partial charge in [-0.15, -0.1) is 0 Å². The highest BCUT2D eigenvalue weighted by molar-refractivity contribution is 5.98. The molecule has 0 radical (unpaired) electrons. The third kappa shape index (κ3) is 20.4. The first-order valence-corrected chi connectivity index (χ1v) is 24.3. The van der Waals surface area contributed by atoms with Crippen molar-refractivity contribution in [3.8, 4) is 0 Å². The zero-order valence-corrected chi connectivity index (χ0v) is 41.0. The van der Waals surface area contributed by atoms with E-state index in [0.717, 1.165) is 0 Å². The molecular formula is C48H80N10O11. The third-order valence-corrected chi connectivity index (χ3v) is 12.4. The van der Waals surface area contributed by atoms with E-state index in [0.29, 0.717) is 5.56 Å². The molecule has 1 aromatic carbocycles. The molecule has 0 unspecified atom stereocenters. The first kappa shape index (κ1) is 59.9. The summed E-state index contributed by atoms with van der Waals surface area (Å²) in [6, 6.07) is 2.75. The topological polar surface area (TPSA) is 370 Å². The fourth-order valence-electron chi connectivity index (χ4n) is 8.32. The van der Waals surface area contributed by atoms with Gasteiger partial charge in [0.1, 0.15) is 12.1 Å². The highest BCUT2D eigenvalue weighted by atomic mass is 16.3. The second kappa shape index (κ2) is 31.1. The minimum Gasteiger partial charge on any atom is -0.393 e. The summed E-state index contributed by atoms with van der Waals surface area (Å²) in [7, 11) is 0. The maximum atomic E-state index is 14.4. The number of nitrogens with one attached hydrogen (secondary N) is 6. The lowest BCUT2D eigenvalue weighted by atomic mass is 9.89. The first-order valence-electron chi connectivity index (χ1n) is 24.3. The molecule has 1 aromatic rings. The van der Waals surface area contributed by atoms with Gasteiger partial charge in [-0.2, -0.15) is 0 Å². The molecule has 0 bridgehead atoms. The minimum absolute atomic E-state index is 0.00585. The van der Waals surface area contributed by atoms with Crippen LogP contribution in [-0.4, -0.2) is 138 Å². The SMILES string of the molecule is CC[C@H](C(=O)N[C@@H](CCN)C(=O)C[C@H]1CCNC(=O)[C@H]([C@@H](C)O)CC(=O)[C@H](CCN)NC(=O)[C@H](CCN)NC(=O)[C@H](CC(C)C)NC(=O)[C@@H](Cc2ccccc2)CC(=O)[C@H](CCN)NC1=O)[C@@H](C)O. The van der Waals surface area contributed by atoms with Crippen molar-refractivity contribution in [3.63, 3.8) is 0 Å². The number of benzene rings is 1. The van der Waals surface area contributed by atoms with Crippen molar-refractivity contribution < 1.29 is 53.4 Å². The lowest BCUT2D eigenvalue weighted by molar-refractivity contribution is -0.136. The van der Waals surface area contributed by atoms with Gasteiger partial charge in [0.15, 0.2) is 17.3 Å². The van der Waals surface area contributed by atoms with Gasteiger partial charge < -0.3 is 65.0 Å². The number of rotatable bonds is 20. The summed E-state index contributed by atoms with van der Waals surface area (Å²) in [5.74, 6) is -10.7. The standard InChI is InChI=1S/C48H80N10O11/c1-6-33(28(4)59)46(67)55-36(13-18-50)40(61)24-31-16-21-53-45(66)34(29(5)60)26-42(63)37(14-19-51)56-47(68)38(15-20-52)57-48(69)39(22-27(2)3)58-44(65)32(23-30-10-8-7-9-11-30)25-41(62)35(12-17-49)54-43(31)64/h7-11,27-29,31-39,59-60H,6,12-26,49-52H2,1-5H3,(H,53,66)(H,54,64)(H,55,67)(H,56,68)(H,57,69)(H,58,65)/t28-,29-,31-,32+,33+,34+,35+,36+,37+,38+,39+/m1/s1. The number of aliphatic hydroxyl groups is 2. The Balaban J connectivity index is 2.74. The normalized spacial score (nSPS) is 25.0.